The molecule has 1 unspecified atom stereocenters. The van der Waals surface area contributed by atoms with Crippen molar-refractivity contribution in [3.63, 3.8) is 0 Å². The Balaban J connectivity index is 2.78. The van der Waals surface area contributed by atoms with Gasteiger partial charge in [0, 0.05) is 25.2 Å². The monoisotopic (exact) mass is 278 g/mol. The Labute approximate surface area is 119 Å². The number of carboxylic acids is 1. The van der Waals surface area contributed by atoms with E-state index in [4.69, 9.17) is 5.11 Å². The van der Waals surface area contributed by atoms with Crippen LogP contribution in [0.3, 0.4) is 0 Å². The highest BCUT2D eigenvalue weighted by Crippen LogP contribution is 2.17. The standard InChI is InChI=1S/C15H22N2O3/c1-3-16-15(20)12(2)17(11-7-10-14(18)19)13-8-5-4-6-9-13/h4-6,8-9,12H,3,7,10-11H2,1-2H3,(H,16,20)(H,18,19). The van der Waals surface area contributed by atoms with E-state index < -0.39 is 5.97 Å². The van der Waals surface area contributed by atoms with Crippen LogP contribution < -0.4 is 10.2 Å². The number of benzene rings is 1. The molecule has 1 aromatic rings. The third kappa shape index (κ3) is 4.91. The maximum Gasteiger partial charge on any atom is 0.303 e. The predicted molar refractivity (Wildman–Crippen MR) is 78.8 cm³/mol. The zero-order chi connectivity index (χ0) is 15.0. The van der Waals surface area contributed by atoms with Gasteiger partial charge >= 0.3 is 5.97 Å². The molecular weight excluding hydrogens is 256 g/mol. The van der Waals surface area contributed by atoms with Crippen molar-refractivity contribution in [2.45, 2.75) is 32.7 Å². The van der Waals surface area contributed by atoms with Crippen molar-refractivity contribution in [1.82, 2.24) is 5.32 Å². The number of aliphatic carboxylic acids is 1. The lowest BCUT2D eigenvalue weighted by atomic mass is 10.1. The quantitative estimate of drug-likeness (QED) is 0.762. The van der Waals surface area contributed by atoms with E-state index in [0.29, 0.717) is 19.5 Å². The van der Waals surface area contributed by atoms with Crippen molar-refractivity contribution in [2.24, 2.45) is 0 Å². The lowest BCUT2D eigenvalue weighted by Gasteiger charge is -2.30. The summed E-state index contributed by atoms with van der Waals surface area (Å²) in [5.74, 6) is -0.865. The van der Waals surface area contributed by atoms with E-state index in [0.717, 1.165) is 5.69 Å². The number of hydrogen-bond donors (Lipinski definition) is 2. The van der Waals surface area contributed by atoms with Gasteiger partial charge in [0.2, 0.25) is 5.91 Å². The van der Waals surface area contributed by atoms with E-state index in [1.54, 1.807) is 0 Å². The molecule has 2 N–H and O–H groups in total. The fraction of sp³-hybridized carbons (Fsp3) is 0.467. The van der Waals surface area contributed by atoms with Crippen molar-refractivity contribution in [1.29, 1.82) is 0 Å². The number of para-hydroxylation sites is 1. The van der Waals surface area contributed by atoms with E-state index in [9.17, 15) is 9.59 Å². The largest absolute Gasteiger partial charge is 0.481 e. The molecule has 0 aromatic heterocycles. The molecule has 0 saturated heterocycles. The second-order valence-electron chi connectivity index (χ2n) is 4.60. The van der Waals surface area contributed by atoms with E-state index in [1.165, 1.54) is 0 Å². The van der Waals surface area contributed by atoms with Gasteiger partial charge in [0.05, 0.1) is 0 Å². The van der Waals surface area contributed by atoms with Gasteiger partial charge in [-0.1, -0.05) is 18.2 Å². The third-order valence-corrected chi connectivity index (χ3v) is 3.08. The second kappa shape index (κ2) is 8.19. The molecule has 110 valence electrons. The first-order valence-corrected chi connectivity index (χ1v) is 6.87. The summed E-state index contributed by atoms with van der Waals surface area (Å²) in [6, 6.07) is 9.25. The molecule has 20 heavy (non-hydrogen) atoms. The number of carboxylic acid groups (broad SMARTS) is 1. The summed E-state index contributed by atoms with van der Waals surface area (Å²) in [5.41, 5.74) is 0.927. The van der Waals surface area contributed by atoms with Gasteiger partial charge in [-0.15, -0.1) is 0 Å². The fourth-order valence-corrected chi connectivity index (χ4v) is 2.03. The highest BCUT2D eigenvalue weighted by molar-refractivity contribution is 5.84. The molecule has 0 aliphatic heterocycles. The van der Waals surface area contributed by atoms with Crippen LogP contribution in [0.4, 0.5) is 5.69 Å². The van der Waals surface area contributed by atoms with Crippen molar-refractivity contribution < 1.29 is 14.7 Å². The second-order valence-corrected chi connectivity index (χ2v) is 4.60. The molecule has 0 saturated carbocycles. The molecule has 5 nitrogen and oxygen atoms in total. The molecule has 1 amide bonds. The SMILES string of the molecule is CCNC(=O)C(C)N(CCCC(=O)O)c1ccccc1. The highest BCUT2D eigenvalue weighted by atomic mass is 16.4. The normalized spacial score (nSPS) is 11.7. The van der Waals surface area contributed by atoms with E-state index in [-0.39, 0.29) is 18.4 Å². The van der Waals surface area contributed by atoms with Gasteiger partial charge in [-0.25, -0.2) is 0 Å². The van der Waals surface area contributed by atoms with Crippen LogP contribution in [-0.4, -0.2) is 36.1 Å². The first-order valence-electron chi connectivity index (χ1n) is 6.87. The van der Waals surface area contributed by atoms with Gasteiger partial charge in [0.25, 0.3) is 0 Å². The smallest absolute Gasteiger partial charge is 0.303 e. The Morgan fingerprint density at radius 1 is 1.30 bits per heavy atom. The minimum Gasteiger partial charge on any atom is -0.481 e. The van der Waals surface area contributed by atoms with E-state index in [1.807, 2.05) is 49.1 Å². The van der Waals surface area contributed by atoms with Gasteiger partial charge < -0.3 is 15.3 Å². The maximum atomic E-state index is 12.0. The highest BCUT2D eigenvalue weighted by Gasteiger charge is 2.20. The molecular formula is C15H22N2O3. The Morgan fingerprint density at radius 2 is 1.95 bits per heavy atom. The first-order chi connectivity index (χ1) is 9.56. The van der Waals surface area contributed by atoms with Crippen LogP contribution in [0.15, 0.2) is 30.3 Å². The number of carbonyl (C=O) groups excluding carboxylic acids is 1. The number of nitrogens with zero attached hydrogens (tertiary/aromatic N) is 1. The summed E-state index contributed by atoms with van der Waals surface area (Å²) in [4.78, 5) is 24.5. The molecule has 1 rings (SSSR count). The summed E-state index contributed by atoms with van der Waals surface area (Å²) < 4.78 is 0. The molecule has 1 atom stereocenters. The van der Waals surface area contributed by atoms with Crippen LogP contribution >= 0.6 is 0 Å². The van der Waals surface area contributed by atoms with Crippen LogP contribution in [0.25, 0.3) is 0 Å². The third-order valence-electron chi connectivity index (χ3n) is 3.08. The molecule has 1 aromatic carbocycles. The summed E-state index contributed by atoms with van der Waals surface area (Å²) in [6.07, 6.45) is 0.611. The number of anilines is 1. The zero-order valence-corrected chi connectivity index (χ0v) is 12.0. The van der Waals surface area contributed by atoms with Crippen molar-refractivity contribution >= 4 is 17.6 Å². The van der Waals surface area contributed by atoms with Crippen molar-refractivity contribution in [3.8, 4) is 0 Å². The Bertz CT molecular complexity index is 434. The van der Waals surface area contributed by atoms with Gasteiger partial charge in [-0.3, -0.25) is 9.59 Å². The molecule has 0 bridgehead atoms. The number of rotatable bonds is 8. The van der Waals surface area contributed by atoms with Gasteiger partial charge in [-0.2, -0.15) is 0 Å². The zero-order valence-electron chi connectivity index (χ0n) is 12.0. The van der Waals surface area contributed by atoms with Gasteiger partial charge in [0.15, 0.2) is 0 Å². The molecule has 0 fully saturated rings. The Hall–Kier alpha value is -2.04. The lowest BCUT2D eigenvalue weighted by molar-refractivity contribution is -0.137. The minimum absolute atomic E-state index is 0.0494. The minimum atomic E-state index is -0.816. The summed E-state index contributed by atoms with van der Waals surface area (Å²) in [6.45, 7) is 4.83. The molecule has 0 aliphatic carbocycles. The van der Waals surface area contributed by atoms with E-state index in [2.05, 4.69) is 5.32 Å². The fourth-order valence-electron chi connectivity index (χ4n) is 2.03. The van der Waals surface area contributed by atoms with Gasteiger partial charge in [0.1, 0.15) is 6.04 Å². The number of amides is 1. The molecule has 5 heteroatoms. The molecule has 0 heterocycles. The Morgan fingerprint density at radius 3 is 2.50 bits per heavy atom. The number of nitrogens with one attached hydrogen (secondary N) is 1. The Kier molecular flexibility index (Phi) is 6.56. The van der Waals surface area contributed by atoms with Crippen LogP contribution in [0.2, 0.25) is 0 Å². The summed E-state index contributed by atoms with van der Waals surface area (Å²) in [5, 5.41) is 11.5. The average Bonchev–Trinajstić information content (AvgIpc) is 2.44. The average molecular weight is 278 g/mol. The van der Waals surface area contributed by atoms with Gasteiger partial charge in [-0.05, 0) is 32.4 Å². The topological polar surface area (TPSA) is 69.6 Å². The summed E-state index contributed by atoms with van der Waals surface area (Å²) >= 11 is 0. The number of hydrogen-bond acceptors (Lipinski definition) is 3. The number of carbonyl (C=O) groups is 2. The van der Waals surface area contributed by atoms with E-state index >= 15 is 0 Å². The summed E-state index contributed by atoms with van der Waals surface area (Å²) in [7, 11) is 0. The lowest BCUT2D eigenvalue weighted by Crippen LogP contribution is -2.45. The maximum absolute atomic E-state index is 12.0. The molecule has 0 aliphatic rings. The van der Waals surface area contributed by atoms with Crippen LogP contribution in [0, 0.1) is 0 Å². The molecule has 0 spiro atoms. The van der Waals surface area contributed by atoms with Crippen LogP contribution in [0.1, 0.15) is 26.7 Å². The predicted octanol–water partition coefficient (Wildman–Crippen LogP) is 1.88. The van der Waals surface area contributed by atoms with Crippen LogP contribution in [0.5, 0.6) is 0 Å². The van der Waals surface area contributed by atoms with Crippen LogP contribution in [-0.2, 0) is 9.59 Å². The van der Waals surface area contributed by atoms with Crippen molar-refractivity contribution in [2.75, 3.05) is 18.0 Å². The first kappa shape index (κ1) is 16.0. The number of likely N-dealkylation sites (N-methyl/N-ethyl adjacent to an activating group) is 1. The van der Waals surface area contributed by atoms with Crippen molar-refractivity contribution in [3.05, 3.63) is 30.3 Å². The molecule has 0 radical (unpaired) electrons.